The van der Waals surface area contributed by atoms with Gasteiger partial charge in [-0.1, -0.05) is 12.1 Å². The number of carbonyl (C=O) groups excluding carboxylic acids is 2. The molecule has 7 heteroatoms. The number of nitrogens with zero attached hydrogens (tertiary/aromatic N) is 4. The first kappa shape index (κ1) is 17.2. The van der Waals surface area contributed by atoms with Gasteiger partial charge in [0, 0.05) is 18.8 Å². The van der Waals surface area contributed by atoms with Crippen molar-refractivity contribution in [2.45, 2.75) is 6.92 Å². The molecule has 29 heavy (non-hydrogen) atoms. The number of rotatable bonds is 2. The first-order valence-electron chi connectivity index (χ1n) is 9.03. The first-order valence-corrected chi connectivity index (χ1v) is 9.03. The van der Waals surface area contributed by atoms with Gasteiger partial charge in [-0.2, -0.15) is 5.10 Å². The molecule has 2 aromatic heterocycles. The molecule has 1 aliphatic heterocycles. The predicted molar refractivity (Wildman–Crippen MR) is 106 cm³/mol. The molecule has 5 rings (SSSR count). The highest BCUT2D eigenvalue weighted by molar-refractivity contribution is 6.38. The Morgan fingerprint density at radius 3 is 2.48 bits per heavy atom. The van der Waals surface area contributed by atoms with Gasteiger partial charge in [-0.15, -0.1) is 0 Å². The maximum Gasteiger partial charge on any atom is 0.267 e. The van der Waals surface area contributed by atoms with Gasteiger partial charge in [0.25, 0.3) is 11.8 Å². The van der Waals surface area contributed by atoms with Crippen LogP contribution in [-0.4, -0.2) is 26.6 Å². The zero-order valence-corrected chi connectivity index (χ0v) is 15.7. The summed E-state index contributed by atoms with van der Waals surface area (Å²) in [7, 11) is 1.72. The van der Waals surface area contributed by atoms with E-state index in [9.17, 15) is 14.0 Å². The van der Waals surface area contributed by atoms with Gasteiger partial charge in [-0.05, 0) is 48.9 Å². The number of halogens is 1. The Labute approximate surface area is 165 Å². The minimum atomic E-state index is -0.418. The van der Waals surface area contributed by atoms with E-state index in [2.05, 4.69) is 10.1 Å². The molecule has 2 amide bonds. The molecule has 0 N–H and O–H groups in total. The highest BCUT2D eigenvalue weighted by atomic mass is 19.1. The van der Waals surface area contributed by atoms with E-state index in [0.29, 0.717) is 28.0 Å². The second-order valence-corrected chi connectivity index (χ2v) is 7.01. The topological polar surface area (TPSA) is 68.1 Å². The molecule has 0 fully saturated rings. The molecule has 0 aliphatic carbocycles. The summed E-state index contributed by atoms with van der Waals surface area (Å²) >= 11 is 0. The molecule has 6 nitrogen and oxygen atoms in total. The largest absolute Gasteiger partial charge is 0.268 e. The smallest absolute Gasteiger partial charge is 0.267 e. The number of aryl methyl sites for hydroxylation is 2. The summed E-state index contributed by atoms with van der Waals surface area (Å²) in [5, 5.41) is 4.98. The Kier molecular flexibility index (Phi) is 3.61. The van der Waals surface area contributed by atoms with Crippen molar-refractivity contribution in [2.75, 3.05) is 4.90 Å². The minimum Gasteiger partial charge on any atom is -0.268 e. The summed E-state index contributed by atoms with van der Waals surface area (Å²) in [5.74, 6) is -1.20. The van der Waals surface area contributed by atoms with Crippen LogP contribution in [0.5, 0.6) is 0 Å². The van der Waals surface area contributed by atoms with Crippen LogP contribution in [0, 0.1) is 12.7 Å². The number of hydrogen-bond donors (Lipinski definition) is 0. The highest BCUT2D eigenvalue weighted by Gasteiger charge is 2.40. The van der Waals surface area contributed by atoms with E-state index in [1.807, 2.05) is 13.0 Å². The van der Waals surface area contributed by atoms with Gasteiger partial charge in [-0.3, -0.25) is 9.59 Å². The third-order valence-electron chi connectivity index (χ3n) is 5.08. The summed E-state index contributed by atoms with van der Waals surface area (Å²) in [5.41, 5.74) is 3.57. The zero-order valence-electron chi connectivity index (χ0n) is 15.7. The number of imide groups is 1. The van der Waals surface area contributed by atoms with Gasteiger partial charge in [0.2, 0.25) is 0 Å². The number of aromatic nitrogens is 3. The molecule has 142 valence electrons. The fraction of sp³-hybridized carbons (Fsp3) is 0.0909. The number of anilines is 1. The van der Waals surface area contributed by atoms with Crippen molar-refractivity contribution in [1.29, 1.82) is 0 Å². The van der Waals surface area contributed by atoms with E-state index in [0.717, 1.165) is 5.56 Å². The van der Waals surface area contributed by atoms with E-state index < -0.39 is 11.8 Å². The average Bonchev–Trinajstić information content (AvgIpc) is 3.17. The highest BCUT2D eigenvalue weighted by Crippen LogP contribution is 2.37. The van der Waals surface area contributed by atoms with Gasteiger partial charge in [0.05, 0.1) is 22.2 Å². The minimum absolute atomic E-state index is 0.236. The maximum atomic E-state index is 13.4. The van der Waals surface area contributed by atoms with Crippen LogP contribution in [-0.2, 0) is 7.05 Å². The molecular weight excluding hydrogens is 371 g/mol. The molecule has 2 aromatic carbocycles. The van der Waals surface area contributed by atoms with Crippen LogP contribution >= 0.6 is 0 Å². The number of carbonyl (C=O) groups is 2. The fourth-order valence-electron chi connectivity index (χ4n) is 3.74. The van der Waals surface area contributed by atoms with Gasteiger partial charge in [0.1, 0.15) is 11.5 Å². The molecule has 0 radical (unpaired) electrons. The molecule has 0 atom stereocenters. The van der Waals surface area contributed by atoms with E-state index in [4.69, 9.17) is 0 Å². The van der Waals surface area contributed by atoms with E-state index in [-0.39, 0.29) is 16.9 Å². The quantitative estimate of drug-likeness (QED) is 0.490. The van der Waals surface area contributed by atoms with E-state index >= 15 is 0 Å². The van der Waals surface area contributed by atoms with E-state index in [1.54, 1.807) is 42.1 Å². The number of pyridine rings is 1. The molecular formula is C22H15FN4O2. The summed E-state index contributed by atoms with van der Waals surface area (Å²) in [6.45, 7) is 1.90. The summed E-state index contributed by atoms with van der Waals surface area (Å²) < 4.78 is 14.9. The van der Waals surface area contributed by atoms with Crippen LogP contribution in [0.4, 0.5) is 10.1 Å². The van der Waals surface area contributed by atoms with Crippen LogP contribution < -0.4 is 4.90 Å². The normalized spacial score (nSPS) is 13.4. The first-order chi connectivity index (χ1) is 14.0. The molecule has 0 spiro atoms. The van der Waals surface area contributed by atoms with E-state index in [1.165, 1.54) is 23.2 Å². The Balaban J connectivity index is 1.77. The molecule has 0 saturated heterocycles. The van der Waals surface area contributed by atoms with Crippen molar-refractivity contribution in [3.05, 3.63) is 77.2 Å². The number of benzene rings is 2. The lowest BCUT2D eigenvalue weighted by atomic mass is 10.0. The Bertz CT molecular complexity index is 1320. The summed E-state index contributed by atoms with van der Waals surface area (Å²) in [6.07, 6.45) is 1.42. The van der Waals surface area contributed by atoms with Crippen molar-refractivity contribution in [3.63, 3.8) is 0 Å². The Morgan fingerprint density at radius 2 is 1.76 bits per heavy atom. The standard InChI is InChI=1S/C22H15FN4O2/c1-12-4-3-5-15(10-12)27-21(28)16-11-24-20-18(17(16)22(27)29)19(25-26(20)2)13-6-8-14(23)9-7-13/h3-11H,1-2H3. The molecule has 0 unspecified atom stereocenters. The second kappa shape index (κ2) is 6.07. The van der Waals surface area contributed by atoms with Crippen LogP contribution in [0.25, 0.3) is 22.3 Å². The molecule has 3 heterocycles. The average molecular weight is 386 g/mol. The molecule has 4 aromatic rings. The maximum absolute atomic E-state index is 13.4. The molecule has 1 aliphatic rings. The Hall–Kier alpha value is -3.87. The fourth-order valence-corrected chi connectivity index (χ4v) is 3.74. The molecule has 0 bridgehead atoms. The lowest BCUT2D eigenvalue weighted by molar-refractivity contribution is 0.0926. The van der Waals surface area contributed by atoms with Crippen LogP contribution in [0.15, 0.2) is 54.7 Å². The monoisotopic (exact) mass is 386 g/mol. The van der Waals surface area contributed by atoms with Gasteiger partial charge in [0.15, 0.2) is 5.65 Å². The van der Waals surface area contributed by atoms with Gasteiger partial charge < -0.3 is 0 Å². The van der Waals surface area contributed by atoms with Gasteiger partial charge >= 0.3 is 0 Å². The van der Waals surface area contributed by atoms with Crippen molar-refractivity contribution in [3.8, 4) is 11.3 Å². The third-order valence-corrected chi connectivity index (χ3v) is 5.08. The SMILES string of the molecule is Cc1cccc(N2C(=O)c3cnc4c(c(-c5ccc(F)cc5)nn4C)c3C2=O)c1. The lowest BCUT2D eigenvalue weighted by Crippen LogP contribution is -2.29. The number of fused-ring (bicyclic) bond motifs is 3. The summed E-state index contributed by atoms with van der Waals surface area (Å²) in [4.78, 5) is 32.0. The Morgan fingerprint density at radius 1 is 1.00 bits per heavy atom. The van der Waals surface area contributed by atoms with Crippen LogP contribution in [0.1, 0.15) is 26.3 Å². The molecule has 0 saturated carbocycles. The van der Waals surface area contributed by atoms with Gasteiger partial charge in [-0.25, -0.2) is 19.0 Å². The van der Waals surface area contributed by atoms with Crippen LogP contribution in [0.3, 0.4) is 0 Å². The number of hydrogen-bond acceptors (Lipinski definition) is 4. The van der Waals surface area contributed by atoms with Crippen molar-refractivity contribution in [2.24, 2.45) is 7.05 Å². The predicted octanol–water partition coefficient (Wildman–Crippen LogP) is 3.88. The second-order valence-electron chi connectivity index (χ2n) is 7.01. The van der Waals surface area contributed by atoms with Crippen molar-refractivity contribution in [1.82, 2.24) is 14.8 Å². The lowest BCUT2D eigenvalue weighted by Gasteiger charge is -2.14. The van der Waals surface area contributed by atoms with Crippen molar-refractivity contribution >= 4 is 28.5 Å². The van der Waals surface area contributed by atoms with Crippen LogP contribution in [0.2, 0.25) is 0 Å². The van der Waals surface area contributed by atoms with Crippen molar-refractivity contribution < 1.29 is 14.0 Å². The summed E-state index contributed by atoms with van der Waals surface area (Å²) in [6, 6.07) is 13.1. The number of amides is 2. The third kappa shape index (κ3) is 2.47. The zero-order chi connectivity index (χ0) is 20.3.